The summed E-state index contributed by atoms with van der Waals surface area (Å²) in [6.07, 6.45) is -0.300. The van der Waals surface area contributed by atoms with Gasteiger partial charge < -0.3 is 15.4 Å². The third kappa shape index (κ3) is 5.79. The van der Waals surface area contributed by atoms with Crippen LogP contribution in [0, 0.1) is 5.82 Å². The fourth-order valence-corrected chi connectivity index (χ4v) is 4.80. The number of nitrogen functional groups attached to an aromatic ring is 1. The number of alkyl halides is 1. The number of thiol groups is 1. The summed E-state index contributed by atoms with van der Waals surface area (Å²) in [6.45, 7) is 3.48. The Kier molecular flexibility index (Phi) is 7.91. The lowest BCUT2D eigenvalue weighted by Crippen LogP contribution is -2.44. The zero-order valence-corrected chi connectivity index (χ0v) is 21.9. The van der Waals surface area contributed by atoms with Crippen molar-refractivity contribution >= 4 is 33.6 Å². The number of rotatable bonds is 8. The molecule has 0 amide bonds. The van der Waals surface area contributed by atoms with Gasteiger partial charge in [0.25, 0.3) is 0 Å². The van der Waals surface area contributed by atoms with Crippen LogP contribution in [0.3, 0.4) is 0 Å². The first-order valence-electron chi connectivity index (χ1n) is 12.4. The van der Waals surface area contributed by atoms with E-state index in [1.807, 2.05) is 6.92 Å². The Morgan fingerprint density at radius 2 is 2.03 bits per heavy atom. The van der Waals surface area contributed by atoms with Gasteiger partial charge in [-0.25, -0.2) is 41.9 Å². The van der Waals surface area contributed by atoms with Gasteiger partial charge in [0.15, 0.2) is 11.6 Å². The van der Waals surface area contributed by atoms with Gasteiger partial charge >= 0.3 is 0 Å². The molecule has 0 aliphatic carbocycles. The van der Waals surface area contributed by atoms with Crippen LogP contribution >= 0.6 is 0 Å². The predicted octanol–water partition coefficient (Wildman–Crippen LogP) is 3.22. The maximum Gasteiger partial charge on any atom is 0.201 e. The van der Waals surface area contributed by atoms with Crippen molar-refractivity contribution in [2.24, 2.45) is 0 Å². The average molecular weight is 556 g/mol. The molecule has 1 aliphatic heterocycles. The molecule has 4 aromatic rings. The number of ether oxygens (including phenoxy) is 1. The SMILES string of the molecule is CC1COCCN1c1nc(-c2ccc(N)nc2)nc2ccc(-c3cccc(C(F)CCN[SH](=O)=O)c3F)nc12. The van der Waals surface area contributed by atoms with Crippen LogP contribution in [0.1, 0.15) is 25.1 Å². The topological polar surface area (TPSA) is 136 Å². The fourth-order valence-electron chi connectivity index (χ4n) is 4.49. The van der Waals surface area contributed by atoms with Crippen molar-refractivity contribution < 1.29 is 21.9 Å². The normalized spacial score (nSPS) is 16.6. The van der Waals surface area contributed by atoms with E-state index in [0.29, 0.717) is 59.5 Å². The standard InChI is InChI=1S/C26H27F2N7O3S/c1-15-14-38-12-11-35(15)26-24-21(33-25(34-26)16-5-8-22(29)30-13-16)7-6-20(32-24)18-4-2-3-17(23(18)28)19(27)9-10-31-39(36)37/h2-8,13,15,19,39H,9-12,14H2,1H3,(H2,29,30)(H,31,36,37). The number of pyridine rings is 2. The van der Waals surface area contributed by atoms with Crippen LogP contribution in [0.25, 0.3) is 33.7 Å². The highest BCUT2D eigenvalue weighted by Gasteiger charge is 2.25. The maximum absolute atomic E-state index is 15.5. The zero-order chi connectivity index (χ0) is 27.5. The first-order chi connectivity index (χ1) is 18.8. The maximum atomic E-state index is 15.5. The van der Waals surface area contributed by atoms with Crippen LogP contribution in [-0.4, -0.2) is 60.7 Å². The average Bonchev–Trinajstić information content (AvgIpc) is 2.93. The number of anilines is 2. The molecular formula is C26H27F2N7O3S. The highest BCUT2D eigenvalue weighted by Crippen LogP contribution is 2.34. The molecule has 2 unspecified atom stereocenters. The number of nitrogens with one attached hydrogen (secondary N) is 1. The van der Waals surface area contributed by atoms with Crippen molar-refractivity contribution in [1.29, 1.82) is 0 Å². The van der Waals surface area contributed by atoms with Crippen molar-refractivity contribution in [3.8, 4) is 22.6 Å². The molecule has 1 aromatic carbocycles. The number of aromatic nitrogens is 4. The molecule has 1 aliphatic rings. The fraction of sp³-hybridized carbons (Fsp3) is 0.308. The molecule has 5 rings (SSSR count). The molecule has 1 fully saturated rings. The minimum Gasteiger partial charge on any atom is -0.384 e. The molecule has 204 valence electrons. The quantitative estimate of drug-likeness (QED) is 0.280. The lowest BCUT2D eigenvalue weighted by molar-refractivity contribution is 0.0987. The second kappa shape index (κ2) is 11.5. The predicted molar refractivity (Wildman–Crippen MR) is 145 cm³/mol. The van der Waals surface area contributed by atoms with E-state index in [1.54, 1.807) is 36.5 Å². The third-order valence-corrected chi connectivity index (χ3v) is 6.97. The summed E-state index contributed by atoms with van der Waals surface area (Å²) in [5.74, 6) is 0.641. The molecule has 3 aromatic heterocycles. The lowest BCUT2D eigenvalue weighted by Gasteiger charge is -2.34. The van der Waals surface area contributed by atoms with Crippen LogP contribution in [0.4, 0.5) is 20.4 Å². The van der Waals surface area contributed by atoms with Crippen LogP contribution < -0.4 is 15.4 Å². The second-order valence-corrected chi connectivity index (χ2v) is 9.98. The van der Waals surface area contributed by atoms with Crippen LogP contribution in [0.15, 0.2) is 48.7 Å². The van der Waals surface area contributed by atoms with Crippen LogP contribution in [0.5, 0.6) is 0 Å². The monoisotopic (exact) mass is 555 g/mol. The molecule has 3 N–H and O–H groups in total. The molecule has 0 bridgehead atoms. The Hall–Kier alpha value is -3.81. The van der Waals surface area contributed by atoms with E-state index in [1.165, 1.54) is 12.1 Å². The largest absolute Gasteiger partial charge is 0.384 e. The number of morpholine rings is 1. The molecule has 2 atom stereocenters. The molecule has 39 heavy (non-hydrogen) atoms. The van der Waals surface area contributed by atoms with Crippen LogP contribution in [0.2, 0.25) is 0 Å². The van der Waals surface area contributed by atoms with E-state index >= 15 is 4.39 Å². The number of benzene rings is 1. The van der Waals surface area contributed by atoms with Crippen molar-refractivity contribution in [3.05, 3.63) is 60.0 Å². The number of fused-ring (bicyclic) bond motifs is 1. The second-order valence-electron chi connectivity index (χ2n) is 9.15. The van der Waals surface area contributed by atoms with Gasteiger partial charge in [-0.2, -0.15) is 0 Å². The number of nitrogens with zero attached hydrogens (tertiary/aromatic N) is 5. The van der Waals surface area contributed by atoms with E-state index < -0.39 is 22.9 Å². The Morgan fingerprint density at radius 1 is 1.18 bits per heavy atom. The Balaban J connectivity index is 1.59. The van der Waals surface area contributed by atoms with Crippen molar-refractivity contribution in [2.45, 2.75) is 25.6 Å². The van der Waals surface area contributed by atoms with E-state index in [2.05, 4.69) is 19.6 Å². The van der Waals surface area contributed by atoms with Gasteiger partial charge in [-0.1, -0.05) is 12.1 Å². The van der Waals surface area contributed by atoms with E-state index in [0.717, 1.165) is 0 Å². The van der Waals surface area contributed by atoms with Gasteiger partial charge in [0, 0.05) is 36.0 Å². The van der Waals surface area contributed by atoms with E-state index in [4.69, 9.17) is 20.4 Å². The van der Waals surface area contributed by atoms with Crippen LogP contribution in [-0.2, 0) is 15.6 Å². The van der Waals surface area contributed by atoms with Gasteiger partial charge in [0.1, 0.15) is 23.3 Å². The Morgan fingerprint density at radius 3 is 2.77 bits per heavy atom. The molecule has 13 heteroatoms. The number of hydrogen-bond acceptors (Lipinski definition) is 9. The summed E-state index contributed by atoms with van der Waals surface area (Å²) < 4.78 is 59.5. The summed E-state index contributed by atoms with van der Waals surface area (Å²) >= 11 is 0. The van der Waals surface area contributed by atoms with Crippen molar-refractivity contribution in [3.63, 3.8) is 0 Å². The molecular weight excluding hydrogens is 528 g/mol. The highest BCUT2D eigenvalue weighted by molar-refractivity contribution is 7.70. The molecule has 0 radical (unpaired) electrons. The first kappa shape index (κ1) is 26.8. The minimum absolute atomic E-state index is 0.00457. The summed E-state index contributed by atoms with van der Waals surface area (Å²) in [4.78, 5) is 20.5. The molecule has 10 nitrogen and oxygen atoms in total. The zero-order valence-electron chi connectivity index (χ0n) is 21.1. The van der Waals surface area contributed by atoms with Gasteiger partial charge in [-0.3, -0.25) is 0 Å². The van der Waals surface area contributed by atoms with Gasteiger partial charge in [0.2, 0.25) is 10.9 Å². The molecule has 0 saturated carbocycles. The van der Waals surface area contributed by atoms with Gasteiger partial charge in [-0.15, -0.1) is 0 Å². The van der Waals surface area contributed by atoms with Crippen molar-refractivity contribution in [1.82, 2.24) is 24.7 Å². The smallest absolute Gasteiger partial charge is 0.201 e. The Bertz CT molecular complexity index is 1560. The summed E-state index contributed by atoms with van der Waals surface area (Å²) in [5, 5.41) is 0. The summed E-state index contributed by atoms with van der Waals surface area (Å²) in [7, 11) is -2.85. The molecule has 4 heterocycles. The molecule has 1 saturated heterocycles. The van der Waals surface area contributed by atoms with E-state index in [9.17, 15) is 12.8 Å². The highest BCUT2D eigenvalue weighted by atomic mass is 32.2. The Labute approximate surface area is 225 Å². The molecule has 0 spiro atoms. The number of hydrogen-bond donors (Lipinski definition) is 3. The van der Waals surface area contributed by atoms with E-state index in [-0.39, 0.29) is 30.1 Å². The van der Waals surface area contributed by atoms with Gasteiger partial charge in [-0.05, 0) is 43.7 Å². The third-order valence-electron chi connectivity index (χ3n) is 6.49. The lowest BCUT2D eigenvalue weighted by atomic mass is 10.0. The number of nitrogens with two attached hydrogens (primary N) is 1. The summed E-state index contributed by atoms with van der Waals surface area (Å²) in [6, 6.07) is 11.2. The minimum atomic E-state index is -2.85. The van der Waals surface area contributed by atoms with Gasteiger partial charge in [0.05, 0.1) is 30.5 Å². The first-order valence-corrected chi connectivity index (χ1v) is 13.6. The van der Waals surface area contributed by atoms with Crippen molar-refractivity contribution in [2.75, 3.05) is 36.9 Å². The number of halogens is 2. The summed E-state index contributed by atoms with van der Waals surface area (Å²) in [5.41, 5.74) is 7.69.